The molecule has 0 unspecified atom stereocenters. The first-order chi connectivity index (χ1) is 16.0. The lowest BCUT2D eigenvalue weighted by Gasteiger charge is -2.11. The normalized spacial score (nSPS) is 10.4. The minimum absolute atomic E-state index is 0.294. The van der Waals surface area contributed by atoms with Crippen molar-refractivity contribution < 1.29 is 14.3 Å². The van der Waals surface area contributed by atoms with Gasteiger partial charge in [-0.05, 0) is 35.9 Å². The Labute approximate surface area is 195 Å². The molecular weight excluding hydrogens is 438 g/mol. The largest absolute Gasteiger partial charge is 0.452 e. The van der Waals surface area contributed by atoms with Crippen LogP contribution >= 0.6 is 11.6 Å². The van der Waals surface area contributed by atoms with Gasteiger partial charge in [-0.15, -0.1) is 0 Å². The number of hydrogen-bond donors (Lipinski definition) is 1. The molecule has 0 aliphatic rings. The van der Waals surface area contributed by atoms with E-state index in [1.165, 1.54) is 0 Å². The second kappa shape index (κ2) is 9.94. The predicted molar refractivity (Wildman–Crippen MR) is 127 cm³/mol. The van der Waals surface area contributed by atoms with E-state index in [1.54, 1.807) is 54.6 Å². The zero-order valence-corrected chi connectivity index (χ0v) is 18.2. The van der Waals surface area contributed by atoms with Crippen molar-refractivity contribution in [2.75, 3.05) is 11.9 Å². The van der Waals surface area contributed by atoms with E-state index >= 15 is 0 Å². The quantitative estimate of drug-likeness (QED) is 0.392. The van der Waals surface area contributed by atoms with Crippen molar-refractivity contribution in [3.05, 3.63) is 95.0 Å². The van der Waals surface area contributed by atoms with E-state index in [0.29, 0.717) is 44.9 Å². The van der Waals surface area contributed by atoms with Crippen molar-refractivity contribution >= 4 is 40.1 Å². The summed E-state index contributed by atoms with van der Waals surface area (Å²) in [5, 5.41) is 12.5. The number of esters is 1. The Hall–Kier alpha value is -4.21. The molecule has 0 saturated heterocycles. The van der Waals surface area contributed by atoms with Gasteiger partial charge in [0.2, 0.25) is 0 Å². The van der Waals surface area contributed by atoms with Crippen molar-refractivity contribution in [3.8, 4) is 17.3 Å². The maximum Gasteiger partial charge on any atom is 0.339 e. The Bertz CT molecular complexity index is 1380. The lowest BCUT2D eigenvalue weighted by molar-refractivity contribution is -0.119. The molecule has 1 amide bonds. The molecule has 162 valence electrons. The summed E-state index contributed by atoms with van der Waals surface area (Å²) in [4.78, 5) is 29.8. The van der Waals surface area contributed by atoms with Gasteiger partial charge in [0.15, 0.2) is 6.61 Å². The maximum absolute atomic E-state index is 12.9. The number of carbonyl (C=O) groups excluding carboxylic acids is 2. The van der Waals surface area contributed by atoms with Crippen LogP contribution in [0.2, 0.25) is 5.02 Å². The average Bonchev–Trinajstić information content (AvgIpc) is 2.83. The van der Waals surface area contributed by atoms with Crippen LogP contribution in [-0.4, -0.2) is 23.5 Å². The SMILES string of the molecule is N#CCc1ccc(NC(=O)COC(=O)c2cc(-c3ccccc3Cl)nc3ccccc23)cc1. The van der Waals surface area contributed by atoms with Crippen molar-refractivity contribution in [2.45, 2.75) is 6.42 Å². The van der Waals surface area contributed by atoms with E-state index in [1.807, 2.05) is 24.3 Å². The molecule has 7 heteroatoms. The Morgan fingerprint density at radius 3 is 2.48 bits per heavy atom. The van der Waals surface area contributed by atoms with Crippen molar-refractivity contribution in [1.29, 1.82) is 5.26 Å². The number of halogens is 1. The van der Waals surface area contributed by atoms with Crippen molar-refractivity contribution in [3.63, 3.8) is 0 Å². The van der Waals surface area contributed by atoms with Crippen LogP contribution in [-0.2, 0) is 16.0 Å². The van der Waals surface area contributed by atoms with E-state index in [2.05, 4.69) is 16.4 Å². The number of pyridine rings is 1. The number of carbonyl (C=O) groups is 2. The highest BCUT2D eigenvalue weighted by atomic mass is 35.5. The molecule has 0 aliphatic heterocycles. The number of para-hydroxylation sites is 1. The number of rotatable bonds is 6. The van der Waals surface area contributed by atoms with E-state index < -0.39 is 18.5 Å². The molecule has 0 radical (unpaired) electrons. The van der Waals surface area contributed by atoms with Crippen LogP contribution in [0.15, 0.2) is 78.9 Å². The van der Waals surface area contributed by atoms with Crippen LogP contribution in [0.25, 0.3) is 22.2 Å². The third-order valence-electron chi connectivity index (χ3n) is 4.94. The van der Waals surface area contributed by atoms with Crippen LogP contribution in [0.3, 0.4) is 0 Å². The molecule has 4 rings (SSSR count). The molecule has 1 heterocycles. The minimum Gasteiger partial charge on any atom is -0.452 e. The monoisotopic (exact) mass is 455 g/mol. The Morgan fingerprint density at radius 2 is 1.73 bits per heavy atom. The number of nitrogens with zero attached hydrogens (tertiary/aromatic N) is 2. The first kappa shape index (κ1) is 22.0. The van der Waals surface area contributed by atoms with Gasteiger partial charge in [-0.1, -0.05) is 60.1 Å². The lowest BCUT2D eigenvalue weighted by atomic mass is 10.0. The fourth-order valence-corrected chi connectivity index (χ4v) is 3.59. The van der Waals surface area contributed by atoms with Crippen LogP contribution in [0.4, 0.5) is 5.69 Å². The van der Waals surface area contributed by atoms with Crippen molar-refractivity contribution in [2.24, 2.45) is 0 Å². The number of anilines is 1. The number of nitrogens with one attached hydrogen (secondary N) is 1. The number of amides is 1. The molecule has 0 bridgehead atoms. The minimum atomic E-state index is -0.638. The highest BCUT2D eigenvalue weighted by Crippen LogP contribution is 2.30. The lowest BCUT2D eigenvalue weighted by Crippen LogP contribution is -2.21. The van der Waals surface area contributed by atoms with Gasteiger partial charge in [-0.3, -0.25) is 4.79 Å². The Balaban J connectivity index is 1.52. The summed E-state index contributed by atoms with van der Waals surface area (Å²) in [5.41, 5.74) is 3.53. The van der Waals surface area contributed by atoms with E-state index in [4.69, 9.17) is 21.6 Å². The zero-order valence-electron chi connectivity index (χ0n) is 17.4. The molecule has 0 fully saturated rings. The molecule has 33 heavy (non-hydrogen) atoms. The number of benzene rings is 3. The summed E-state index contributed by atoms with van der Waals surface area (Å²) in [6.07, 6.45) is 0.294. The van der Waals surface area contributed by atoms with Gasteiger partial charge >= 0.3 is 5.97 Å². The smallest absolute Gasteiger partial charge is 0.339 e. The number of fused-ring (bicyclic) bond motifs is 1. The fourth-order valence-electron chi connectivity index (χ4n) is 3.35. The van der Waals surface area contributed by atoms with Gasteiger partial charge < -0.3 is 10.1 Å². The van der Waals surface area contributed by atoms with Gasteiger partial charge in [0.05, 0.1) is 29.3 Å². The molecule has 0 aliphatic carbocycles. The third kappa shape index (κ3) is 5.17. The first-order valence-corrected chi connectivity index (χ1v) is 10.5. The summed E-state index contributed by atoms with van der Waals surface area (Å²) in [5.74, 6) is -1.11. The topological polar surface area (TPSA) is 92.1 Å². The second-order valence-electron chi connectivity index (χ2n) is 7.21. The number of aromatic nitrogens is 1. The van der Waals surface area contributed by atoms with Gasteiger partial charge in [0.25, 0.3) is 5.91 Å². The average molecular weight is 456 g/mol. The summed E-state index contributed by atoms with van der Waals surface area (Å²) < 4.78 is 5.30. The second-order valence-corrected chi connectivity index (χ2v) is 7.62. The van der Waals surface area contributed by atoms with Gasteiger partial charge in [0.1, 0.15) is 0 Å². The van der Waals surface area contributed by atoms with E-state index in [0.717, 1.165) is 5.56 Å². The Morgan fingerprint density at radius 1 is 1.00 bits per heavy atom. The maximum atomic E-state index is 12.9. The number of nitriles is 1. The summed E-state index contributed by atoms with van der Waals surface area (Å²) >= 11 is 6.32. The third-order valence-corrected chi connectivity index (χ3v) is 5.27. The molecule has 0 spiro atoms. The predicted octanol–water partition coefficient (Wildman–Crippen LogP) is 5.42. The van der Waals surface area contributed by atoms with Crippen molar-refractivity contribution in [1.82, 2.24) is 4.98 Å². The molecule has 3 aromatic carbocycles. The molecule has 6 nitrogen and oxygen atoms in total. The molecule has 4 aromatic rings. The van der Waals surface area contributed by atoms with E-state index in [-0.39, 0.29) is 0 Å². The summed E-state index contributed by atoms with van der Waals surface area (Å²) in [6.45, 7) is -0.448. The van der Waals surface area contributed by atoms with Crippen LogP contribution in [0.1, 0.15) is 15.9 Å². The van der Waals surface area contributed by atoms with Gasteiger partial charge in [-0.25, -0.2) is 9.78 Å². The zero-order chi connectivity index (χ0) is 23.2. The van der Waals surface area contributed by atoms with E-state index in [9.17, 15) is 9.59 Å². The molecular formula is C26H18ClN3O3. The number of ether oxygens (including phenoxy) is 1. The standard InChI is InChI=1S/C26H18ClN3O3/c27-22-7-3-1-6-20(22)24-15-21(19-5-2-4-8-23(19)30-24)26(32)33-16-25(31)29-18-11-9-17(10-12-18)13-14-28/h1-12,15H,13,16H2,(H,29,31). The van der Waals surface area contributed by atoms with Crippen LogP contribution in [0, 0.1) is 11.3 Å². The summed E-state index contributed by atoms with van der Waals surface area (Å²) in [7, 11) is 0. The van der Waals surface area contributed by atoms with Gasteiger partial charge in [-0.2, -0.15) is 5.26 Å². The highest BCUT2D eigenvalue weighted by Gasteiger charge is 2.17. The molecule has 0 atom stereocenters. The Kier molecular flexibility index (Phi) is 6.63. The molecule has 1 N–H and O–H groups in total. The van der Waals surface area contributed by atoms with Gasteiger partial charge in [0, 0.05) is 21.7 Å². The number of hydrogen-bond acceptors (Lipinski definition) is 5. The highest BCUT2D eigenvalue weighted by molar-refractivity contribution is 6.33. The first-order valence-electron chi connectivity index (χ1n) is 10.1. The summed E-state index contributed by atoms with van der Waals surface area (Å²) in [6, 6.07) is 25.0. The fraction of sp³-hybridized carbons (Fsp3) is 0.0769. The molecule has 1 aromatic heterocycles. The molecule has 0 saturated carbocycles. The van der Waals surface area contributed by atoms with Crippen LogP contribution < -0.4 is 5.32 Å². The van der Waals surface area contributed by atoms with Crippen LogP contribution in [0.5, 0.6) is 0 Å².